The zero-order valence-electron chi connectivity index (χ0n) is 11.5. The highest BCUT2D eigenvalue weighted by Crippen LogP contribution is 2.26. The van der Waals surface area contributed by atoms with Gasteiger partial charge in [-0.2, -0.15) is 0 Å². The lowest BCUT2D eigenvalue weighted by Gasteiger charge is -2.16. The van der Waals surface area contributed by atoms with E-state index < -0.39 is 5.97 Å². The van der Waals surface area contributed by atoms with Gasteiger partial charge in [0.1, 0.15) is 18.1 Å². The van der Waals surface area contributed by atoms with E-state index in [1.54, 1.807) is 6.08 Å². The molecule has 2 aromatic rings. The summed E-state index contributed by atoms with van der Waals surface area (Å²) in [5.74, 6) is -1.53. The lowest BCUT2D eigenvalue weighted by Crippen LogP contribution is -2.14. The van der Waals surface area contributed by atoms with E-state index in [1.807, 2.05) is 0 Å². The number of rotatable bonds is 3. The van der Waals surface area contributed by atoms with Crippen molar-refractivity contribution in [3.05, 3.63) is 52.6 Å². The van der Waals surface area contributed by atoms with Gasteiger partial charge in [-0.3, -0.25) is 9.59 Å². The summed E-state index contributed by atoms with van der Waals surface area (Å²) in [6.07, 6.45) is 4.13. The number of aliphatic carboxylic acids is 1. The molecule has 1 heterocycles. The van der Waals surface area contributed by atoms with Crippen molar-refractivity contribution in [1.29, 1.82) is 0 Å². The summed E-state index contributed by atoms with van der Waals surface area (Å²) >= 11 is 0. The van der Waals surface area contributed by atoms with Crippen molar-refractivity contribution < 1.29 is 19.1 Å². The van der Waals surface area contributed by atoms with E-state index >= 15 is 0 Å². The minimum Gasteiger partial charge on any atom is -0.480 e. The third-order valence-electron chi connectivity index (χ3n) is 3.44. The fourth-order valence-electron chi connectivity index (χ4n) is 2.46. The van der Waals surface area contributed by atoms with Crippen molar-refractivity contribution in [1.82, 2.24) is 15.0 Å². The summed E-state index contributed by atoms with van der Waals surface area (Å²) in [5, 5.41) is 16.2. The molecular formula is C15H12FN3O3. The highest BCUT2D eigenvalue weighted by molar-refractivity contribution is 6.13. The third kappa shape index (κ3) is 2.78. The highest BCUT2D eigenvalue weighted by Gasteiger charge is 2.22. The number of fused-ring (bicyclic) bond motifs is 1. The van der Waals surface area contributed by atoms with Crippen LogP contribution in [0.4, 0.5) is 4.39 Å². The topological polar surface area (TPSA) is 85.1 Å². The van der Waals surface area contributed by atoms with Gasteiger partial charge in [0.05, 0.1) is 6.20 Å². The molecule has 0 unspecified atom stereocenters. The van der Waals surface area contributed by atoms with Gasteiger partial charge in [-0.25, -0.2) is 9.07 Å². The van der Waals surface area contributed by atoms with Gasteiger partial charge in [0, 0.05) is 11.1 Å². The van der Waals surface area contributed by atoms with Gasteiger partial charge in [-0.05, 0) is 42.7 Å². The lowest BCUT2D eigenvalue weighted by molar-refractivity contribution is -0.137. The van der Waals surface area contributed by atoms with E-state index in [2.05, 4.69) is 10.3 Å². The number of carbonyl (C=O) groups is 2. The summed E-state index contributed by atoms with van der Waals surface area (Å²) < 4.78 is 14.4. The first kappa shape index (κ1) is 14.1. The van der Waals surface area contributed by atoms with Crippen molar-refractivity contribution in [2.75, 3.05) is 0 Å². The van der Waals surface area contributed by atoms with Crippen LogP contribution in [0, 0.1) is 5.82 Å². The molecule has 1 aliphatic rings. The first-order valence-electron chi connectivity index (χ1n) is 6.68. The Balaban J connectivity index is 1.86. The molecule has 1 N–H and O–H groups in total. The van der Waals surface area contributed by atoms with Gasteiger partial charge < -0.3 is 5.11 Å². The number of halogens is 1. The molecule has 22 heavy (non-hydrogen) atoms. The van der Waals surface area contributed by atoms with Gasteiger partial charge in [-0.1, -0.05) is 5.21 Å². The molecule has 0 radical (unpaired) electrons. The maximum Gasteiger partial charge on any atom is 0.325 e. The van der Waals surface area contributed by atoms with Crippen LogP contribution in [-0.2, 0) is 17.8 Å². The van der Waals surface area contributed by atoms with Crippen molar-refractivity contribution in [3.63, 3.8) is 0 Å². The standard InChI is InChI=1S/C15H12FN3O3/c16-11-3-4-13-9(5-11)1-2-10(15(13)22)6-12-7-19(18-17-12)8-14(20)21/h3-7H,1-2,8H2,(H,20,21). The average molecular weight is 301 g/mol. The number of carboxylic acid groups (broad SMARTS) is 1. The average Bonchev–Trinajstić information content (AvgIpc) is 2.88. The van der Waals surface area contributed by atoms with Crippen LogP contribution in [0.3, 0.4) is 0 Å². The zero-order valence-corrected chi connectivity index (χ0v) is 11.5. The Morgan fingerprint density at radius 1 is 1.41 bits per heavy atom. The van der Waals surface area contributed by atoms with Crippen LogP contribution in [0.15, 0.2) is 30.0 Å². The van der Waals surface area contributed by atoms with Crippen molar-refractivity contribution in [3.8, 4) is 0 Å². The second-order valence-electron chi connectivity index (χ2n) is 5.03. The maximum atomic E-state index is 13.2. The van der Waals surface area contributed by atoms with E-state index in [-0.39, 0.29) is 18.1 Å². The Labute approximate surface area is 124 Å². The Morgan fingerprint density at radius 2 is 2.23 bits per heavy atom. The predicted molar refractivity (Wildman–Crippen MR) is 74.7 cm³/mol. The smallest absolute Gasteiger partial charge is 0.325 e. The van der Waals surface area contributed by atoms with E-state index in [0.29, 0.717) is 35.2 Å². The zero-order chi connectivity index (χ0) is 15.7. The molecule has 0 amide bonds. The van der Waals surface area contributed by atoms with Gasteiger partial charge in [0.15, 0.2) is 5.78 Å². The molecule has 6 nitrogen and oxygen atoms in total. The molecule has 1 aliphatic carbocycles. The number of aromatic nitrogens is 3. The molecule has 112 valence electrons. The maximum absolute atomic E-state index is 13.2. The van der Waals surface area contributed by atoms with Crippen molar-refractivity contribution >= 4 is 17.8 Å². The van der Waals surface area contributed by atoms with E-state index in [0.717, 1.165) is 0 Å². The van der Waals surface area contributed by atoms with Crippen LogP contribution in [-0.4, -0.2) is 31.9 Å². The normalized spacial score (nSPS) is 15.9. The number of hydrogen-bond donors (Lipinski definition) is 1. The summed E-state index contributed by atoms with van der Waals surface area (Å²) in [6, 6.07) is 4.14. The minimum absolute atomic E-state index is 0.158. The van der Waals surface area contributed by atoms with Crippen molar-refractivity contribution in [2.24, 2.45) is 0 Å². The number of carboxylic acids is 1. The minimum atomic E-state index is -1.02. The molecule has 0 saturated carbocycles. The van der Waals surface area contributed by atoms with E-state index in [1.165, 1.54) is 29.1 Å². The third-order valence-corrected chi connectivity index (χ3v) is 3.44. The molecule has 0 spiro atoms. The molecule has 0 fully saturated rings. The van der Waals surface area contributed by atoms with Crippen LogP contribution >= 0.6 is 0 Å². The molecule has 0 saturated heterocycles. The molecule has 1 aromatic heterocycles. The summed E-state index contributed by atoms with van der Waals surface area (Å²) in [7, 11) is 0. The number of nitrogens with zero attached hydrogens (tertiary/aromatic N) is 3. The fraction of sp³-hybridized carbons (Fsp3) is 0.200. The second kappa shape index (κ2) is 5.51. The number of hydrogen-bond acceptors (Lipinski definition) is 4. The lowest BCUT2D eigenvalue weighted by atomic mass is 9.86. The number of carbonyl (C=O) groups excluding carboxylic acids is 1. The SMILES string of the molecule is O=C(O)Cn1cc(C=C2CCc3cc(F)ccc3C2=O)nn1. The quantitative estimate of drug-likeness (QED) is 0.872. The number of ketones is 1. The first-order chi connectivity index (χ1) is 10.5. The summed E-state index contributed by atoms with van der Waals surface area (Å²) in [6.45, 7) is -0.285. The van der Waals surface area contributed by atoms with Gasteiger partial charge in [0.25, 0.3) is 0 Å². The summed E-state index contributed by atoms with van der Waals surface area (Å²) in [4.78, 5) is 23.0. The predicted octanol–water partition coefficient (Wildman–Crippen LogP) is 1.71. The Morgan fingerprint density at radius 3 is 3.00 bits per heavy atom. The van der Waals surface area contributed by atoms with Crippen LogP contribution in [0.5, 0.6) is 0 Å². The molecule has 0 atom stereocenters. The second-order valence-corrected chi connectivity index (χ2v) is 5.03. The number of benzene rings is 1. The van der Waals surface area contributed by atoms with Crippen LogP contribution in [0.2, 0.25) is 0 Å². The largest absolute Gasteiger partial charge is 0.480 e. The monoisotopic (exact) mass is 301 g/mol. The van der Waals surface area contributed by atoms with Crippen molar-refractivity contribution in [2.45, 2.75) is 19.4 Å². The Bertz CT molecular complexity index is 795. The molecule has 0 bridgehead atoms. The molecule has 0 aliphatic heterocycles. The van der Waals surface area contributed by atoms with E-state index in [4.69, 9.17) is 5.11 Å². The van der Waals surface area contributed by atoms with Gasteiger partial charge >= 0.3 is 5.97 Å². The first-order valence-corrected chi connectivity index (χ1v) is 6.68. The number of allylic oxidation sites excluding steroid dienone is 1. The number of aryl methyl sites for hydroxylation is 1. The fourth-order valence-corrected chi connectivity index (χ4v) is 2.46. The summed E-state index contributed by atoms with van der Waals surface area (Å²) in [5.41, 5.74) is 2.19. The highest BCUT2D eigenvalue weighted by atomic mass is 19.1. The van der Waals surface area contributed by atoms with Crippen LogP contribution in [0.25, 0.3) is 6.08 Å². The molecule has 3 rings (SSSR count). The molecule has 1 aromatic carbocycles. The molecule has 7 heteroatoms. The molecular weight excluding hydrogens is 289 g/mol. The van der Waals surface area contributed by atoms with E-state index in [9.17, 15) is 14.0 Å². The van der Waals surface area contributed by atoms with Gasteiger partial charge in [-0.15, -0.1) is 5.10 Å². The number of Topliss-reactive ketones (excluding diaryl/α,β-unsaturated/α-hetero) is 1. The van der Waals surface area contributed by atoms with Gasteiger partial charge in [0.2, 0.25) is 0 Å². The van der Waals surface area contributed by atoms with Crippen LogP contribution in [0.1, 0.15) is 28.0 Å². The Kier molecular flexibility index (Phi) is 3.54. The van der Waals surface area contributed by atoms with Crippen LogP contribution < -0.4 is 0 Å². The Hall–Kier alpha value is -2.83.